The molecular formula is C20H21N3O5S. The van der Waals surface area contributed by atoms with Gasteiger partial charge in [0.05, 0.1) is 24.8 Å². The van der Waals surface area contributed by atoms with Gasteiger partial charge in [0, 0.05) is 23.4 Å². The summed E-state index contributed by atoms with van der Waals surface area (Å²) in [5.74, 6) is 1.23. The van der Waals surface area contributed by atoms with E-state index in [1.165, 1.54) is 37.1 Å². The quantitative estimate of drug-likeness (QED) is 0.517. The zero-order valence-electron chi connectivity index (χ0n) is 16.3. The summed E-state index contributed by atoms with van der Waals surface area (Å²) in [4.78, 5) is 30.2. The Hall–Kier alpha value is -3.07. The molecule has 0 aliphatic carbocycles. The summed E-state index contributed by atoms with van der Waals surface area (Å²) < 4.78 is 10.2. The maximum atomic E-state index is 13.2. The van der Waals surface area contributed by atoms with Crippen molar-refractivity contribution < 1.29 is 19.2 Å². The van der Waals surface area contributed by atoms with Crippen LogP contribution in [-0.4, -0.2) is 46.9 Å². The Balaban J connectivity index is 1.96. The van der Waals surface area contributed by atoms with E-state index in [4.69, 9.17) is 9.47 Å². The molecule has 1 saturated heterocycles. The van der Waals surface area contributed by atoms with Gasteiger partial charge in [0.15, 0.2) is 10.9 Å². The Morgan fingerprint density at radius 2 is 1.97 bits per heavy atom. The SMILES string of the molecule is CC[C@@H]1CSC(=Nc2ccc(OC)cc2)N1C(=O)c1ccc(OC)c([N+](=O)[O-])c1. The van der Waals surface area contributed by atoms with Gasteiger partial charge in [-0.05, 0) is 42.8 Å². The van der Waals surface area contributed by atoms with Crippen LogP contribution in [0.2, 0.25) is 0 Å². The second kappa shape index (κ2) is 8.95. The molecule has 0 unspecified atom stereocenters. The Labute approximate surface area is 172 Å². The van der Waals surface area contributed by atoms with Crippen LogP contribution >= 0.6 is 11.8 Å². The first-order valence-corrected chi connectivity index (χ1v) is 9.98. The first-order chi connectivity index (χ1) is 14.0. The van der Waals surface area contributed by atoms with E-state index in [0.717, 1.165) is 17.9 Å². The van der Waals surface area contributed by atoms with Gasteiger partial charge in [-0.15, -0.1) is 0 Å². The lowest BCUT2D eigenvalue weighted by Crippen LogP contribution is -2.39. The molecule has 8 nitrogen and oxygen atoms in total. The smallest absolute Gasteiger partial charge is 0.311 e. The highest BCUT2D eigenvalue weighted by Gasteiger charge is 2.35. The number of benzene rings is 2. The number of hydrogen-bond acceptors (Lipinski definition) is 7. The highest BCUT2D eigenvalue weighted by molar-refractivity contribution is 8.14. The lowest BCUT2D eigenvalue weighted by molar-refractivity contribution is -0.385. The molecule has 0 saturated carbocycles. The highest BCUT2D eigenvalue weighted by Crippen LogP contribution is 2.33. The third kappa shape index (κ3) is 4.34. The standard InChI is InChI=1S/C20H21N3O5S/c1-4-15-12-29-20(21-14-6-8-16(27-2)9-7-14)22(15)19(24)13-5-10-18(28-3)17(11-13)23(25)26/h5-11,15H,4,12H2,1-3H3/t15-/m1/s1. The Kier molecular flexibility index (Phi) is 6.38. The average Bonchev–Trinajstić information content (AvgIpc) is 3.15. The summed E-state index contributed by atoms with van der Waals surface area (Å²) >= 11 is 1.49. The van der Waals surface area contributed by atoms with Crippen LogP contribution in [-0.2, 0) is 0 Å². The molecule has 29 heavy (non-hydrogen) atoms. The van der Waals surface area contributed by atoms with E-state index < -0.39 is 4.92 Å². The van der Waals surface area contributed by atoms with Crippen LogP contribution in [0.25, 0.3) is 0 Å². The summed E-state index contributed by atoms with van der Waals surface area (Å²) in [5, 5.41) is 11.9. The Morgan fingerprint density at radius 3 is 2.55 bits per heavy atom. The Morgan fingerprint density at radius 1 is 1.24 bits per heavy atom. The number of aliphatic imine (C=N–C) groups is 1. The Bertz CT molecular complexity index is 946. The van der Waals surface area contributed by atoms with E-state index in [1.807, 2.05) is 19.1 Å². The molecule has 1 fully saturated rings. The second-order valence-corrected chi connectivity index (χ2v) is 7.27. The largest absolute Gasteiger partial charge is 0.497 e. The van der Waals surface area contributed by atoms with E-state index in [1.54, 1.807) is 24.1 Å². The second-order valence-electron chi connectivity index (χ2n) is 6.28. The normalized spacial score (nSPS) is 17.4. The summed E-state index contributed by atoms with van der Waals surface area (Å²) in [6, 6.07) is 11.4. The molecule has 1 aliphatic rings. The molecule has 2 aromatic rings. The molecule has 0 bridgehead atoms. The number of carbonyl (C=O) groups is 1. The van der Waals surface area contributed by atoms with Crippen LogP contribution in [0, 0.1) is 10.1 Å². The van der Waals surface area contributed by atoms with Crippen LogP contribution in [0.1, 0.15) is 23.7 Å². The van der Waals surface area contributed by atoms with E-state index in [9.17, 15) is 14.9 Å². The lowest BCUT2D eigenvalue weighted by Gasteiger charge is -2.23. The van der Waals surface area contributed by atoms with Crippen molar-refractivity contribution in [3.8, 4) is 11.5 Å². The van der Waals surface area contributed by atoms with Crippen LogP contribution in [0.15, 0.2) is 47.5 Å². The first kappa shape index (κ1) is 20.7. The molecule has 0 radical (unpaired) electrons. The minimum Gasteiger partial charge on any atom is -0.497 e. The lowest BCUT2D eigenvalue weighted by atomic mass is 10.1. The molecule has 1 amide bonds. The predicted octanol–water partition coefficient (Wildman–Crippen LogP) is 4.27. The number of nitro benzene ring substituents is 1. The molecule has 1 heterocycles. The van der Waals surface area contributed by atoms with Crippen molar-refractivity contribution in [3.05, 3.63) is 58.1 Å². The number of amidine groups is 1. The minimum absolute atomic E-state index is 0.0364. The fourth-order valence-electron chi connectivity index (χ4n) is 2.98. The number of carbonyl (C=O) groups excluding carboxylic acids is 1. The van der Waals surface area contributed by atoms with Crippen molar-refractivity contribution in [3.63, 3.8) is 0 Å². The van der Waals surface area contributed by atoms with Gasteiger partial charge in [-0.3, -0.25) is 19.8 Å². The van der Waals surface area contributed by atoms with Crippen molar-refractivity contribution in [1.29, 1.82) is 0 Å². The third-order valence-electron chi connectivity index (χ3n) is 4.59. The van der Waals surface area contributed by atoms with Gasteiger partial charge in [0.1, 0.15) is 5.75 Å². The fraction of sp³-hybridized carbons (Fsp3) is 0.300. The van der Waals surface area contributed by atoms with Crippen LogP contribution in [0.3, 0.4) is 0 Å². The number of hydrogen-bond donors (Lipinski definition) is 0. The number of nitro groups is 1. The van der Waals surface area contributed by atoms with Gasteiger partial charge in [-0.2, -0.15) is 0 Å². The van der Waals surface area contributed by atoms with Crippen LogP contribution < -0.4 is 9.47 Å². The molecule has 0 N–H and O–H groups in total. The molecule has 1 atom stereocenters. The van der Waals surface area contributed by atoms with Gasteiger partial charge in [-0.25, -0.2) is 4.99 Å². The summed E-state index contributed by atoms with van der Waals surface area (Å²) in [6.07, 6.45) is 0.749. The molecule has 9 heteroatoms. The van der Waals surface area contributed by atoms with Gasteiger partial charge in [0.25, 0.3) is 5.91 Å². The van der Waals surface area contributed by atoms with Gasteiger partial charge < -0.3 is 9.47 Å². The topological polar surface area (TPSA) is 94.3 Å². The fourth-order valence-corrected chi connectivity index (χ4v) is 4.25. The van der Waals surface area contributed by atoms with Crippen molar-refractivity contribution in [2.24, 2.45) is 4.99 Å². The van der Waals surface area contributed by atoms with Crippen LogP contribution in [0.5, 0.6) is 11.5 Å². The zero-order chi connectivity index (χ0) is 21.0. The monoisotopic (exact) mass is 415 g/mol. The summed E-state index contributed by atoms with van der Waals surface area (Å²) in [7, 11) is 2.95. The number of methoxy groups -OCH3 is 2. The molecule has 152 valence electrons. The van der Waals surface area contributed by atoms with Gasteiger partial charge >= 0.3 is 5.69 Å². The van der Waals surface area contributed by atoms with Gasteiger partial charge in [-0.1, -0.05) is 18.7 Å². The van der Waals surface area contributed by atoms with Gasteiger partial charge in [0.2, 0.25) is 0 Å². The molecule has 0 spiro atoms. The van der Waals surface area contributed by atoms with Crippen molar-refractivity contribution in [2.75, 3.05) is 20.0 Å². The molecule has 3 rings (SSSR count). The van der Waals surface area contributed by atoms with E-state index >= 15 is 0 Å². The number of ether oxygens (including phenoxy) is 2. The highest BCUT2D eigenvalue weighted by atomic mass is 32.2. The molecule has 2 aromatic carbocycles. The zero-order valence-corrected chi connectivity index (χ0v) is 17.1. The molecule has 1 aliphatic heterocycles. The number of thioether (sulfide) groups is 1. The van der Waals surface area contributed by atoms with E-state index in [0.29, 0.717) is 10.9 Å². The maximum Gasteiger partial charge on any atom is 0.311 e. The third-order valence-corrected chi connectivity index (χ3v) is 5.68. The minimum atomic E-state index is -0.558. The van der Waals surface area contributed by atoms with E-state index in [-0.39, 0.29) is 28.9 Å². The average molecular weight is 415 g/mol. The van der Waals surface area contributed by atoms with Crippen molar-refractivity contribution in [1.82, 2.24) is 4.90 Å². The van der Waals surface area contributed by atoms with E-state index in [2.05, 4.69) is 4.99 Å². The van der Waals surface area contributed by atoms with Crippen molar-refractivity contribution in [2.45, 2.75) is 19.4 Å². The first-order valence-electron chi connectivity index (χ1n) is 9.00. The summed E-state index contributed by atoms with van der Waals surface area (Å²) in [5.41, 5.74) is 0.677. The predicted molar refractivity (Wildman–Crippen MR) is 112 cm³/mol. The molecule has 0 aromatic heterocycles. The molecular weight excluding hydrogens is 394 g/mol. The van der Waals surface area contributed by atoms with Crippen molar-refractivity contribution >= 4 is 34.2 Å². The summed E-state index contributed by atoms with van der Waals surface area (Å²) in [6.45, 7) is 2.00. The van der Waals surface area contributed by atoms with Crippen LogP contribution in [0.4, 0.5) is 11.4 Å². The number of nitrogens with zero attached hydrogens (tertiary/aromatic N) is 3. The number of amides is 1. The maximum absolute atomic E-state index is 13.2. The number of rotatable bonds is 6.